The summed E-state index contributed by atoms with van der Waals surface area (Å²) in [6.45, 7) is 4.61. The lowest BCUT2D eigenvalue weighted by atomic mass is 10.1. The van der Waals surface area contributed by atoms with E-state index < -0.39 is 0 Å². The fourth-order valence-corrected chi connectivity index (χ4v) is 3.01. The number of hydrogen-bond donors (Lipinski definition) is 1. The highest BCUT2D eigenvalue weighted by molar-refractivity contribution is 9.10. The molecule has 0 aliphatic carbocycles. The van der Waals surface area contributed by atoms with E-state index in [9.17, 15) is 4.79 Å². The van der Waals surface area contributed by atoms with Crippen LogP contribution < -0.4 is 5.32 Å². The van der Waals surface area contributed by atoms with E-state index >= 15 is 0 Å². The molecule has 6 heteroatoms. The molecule has 1 saturated heterocycles. The highest BCUT2D eigenvalue weighted by Crippen LogP contribution is 2.33. The predicted octanol–water partition coefficient (Wildman–Crippen LogP) is 4.42. The van der Waals surface area contributed by atoms with Crippen molar-refractivity contribution < 1.29 is 9.32 Å². The standard InChI is InChI=1S/C16H18BrN3O2/c1-10-8-12(5-6-13(10)17)18-16(21)20-7-3-4-14(20)15-9-11(2)19-22-15/h5-6,8-9,14H,3-4,7H2,1-2H3,(H,18,21). The smallest absolute Gasteiger partial charge is 0.322 e. The summed E-state index contributed by atoms with van der Waals surface area (Å²) in [4.78, 5) is 14.4. The Balaban J connectivity index is 1.74. The fraction of sp³-hybridized carbons (Fsp3) is 0.375. The number of urea groups is 1. The molecule has 2 amide bonds. The summed E-state index contributed by atoms with van der Waals surface area (Å²) in [5.74, 6) is 0.761. The van der Waals surface area contributed by atoms with Gasteiger partial charge in [0.15, 0.2) is 5.76 Å². The number of nitrogens with one attached hydrogen (secondary N) is 1. The van der Waals surface area contributed by atoms with Crippen LogP contribution in [0.3, 0.4) is 0 Å². The lowest BCUT2D eigenvalue weighted by Crippen LogP contribution is -2.34. The van der Waals surface area contributed by atoms with Gasteiger partial charge >= 0.3 is 6.03 Å². The number of carbonyl (C=O) groups excluding carboxylic acids is 1. The molecule has 1 aromatic carbocycles. The number of aromatic nitrogens is 1. The molecule has 0 radical (unpaired) electrons. The zero-order valence-corrected chi connectivity index (χ0v) is 14.2. The third-order valence-corrected chi connectivity index (χ3v) is 4.79. The van der Waals surface area contributed by atoms with Crippen LogP contribution >= 0.6 is 15.9 Å². The van der Waals surface area contributed by atoms with E-state index in [2.05, 4.69) is 26.4 Å². The second-order valence-electron chi connectivity index (χ2n) is 5.62. The Morgan fingerprint density at radius 2 is 2.23 bits per heavy atom. The van der Waals surface area contributed by atoms with Gasteiger partial charge in [0.1, 0.15) is 0 Å². The number of halogens is 1. The van der Waals surface area contributed by atoms with Crippen LogP contribution in [0.4, 0.5) is 10.5 Å². The highest BCUT2D eigenvalue weighted by atomic mass is 79.9. The van der Waals surface area contributed by atoms with E-state index in [1.54, 1.807) is 0 Å². The van der Waals surface area contributed by atoms with Crippen molar-refractivity contribution in [3.63, 3.8) is 0 Å². The highest BCUT2D eigenvalue weighted by Gasteiger charge is 2.32. The summed E-state index contributed by atoms with van der Waals surface area (Å²) in [5, 5.41) is 6.88. The normalized spacial score (nSPS) is 17.8. The Labute approximate surface area is 137 Å². The van der Waals surface area contributed by atoms with Gasteiger partial charge in [0, 0.05) is 22.8 Å². The largest absolute Gasteiger partial charge is 0.359 e. The number of amides is 2. The lowest BCUT2D eigenvalue weighted by Gasteiger charge is -2.23. The Hall–Kier alpha value is -1.82. The molecule has 22 heavy (non-hydrogen) atoms. The van der Waals surface area contributed by atoms with E-state index in [4.69, 9.17) is 4.52 Å². The molecule has 2 heterocycles. The molecule has 1 aliphatic heterocycles. The van der Waals surface area contributed by atoms with Gasteiger partial charge in [-0.05, 0) is 50.5 Å². The van der Waals surface area contributed by atoms with Crippen molar-refractivity contribution >= 4 is 27.6 Å². The summed E-state index contributed by atoms with van der Waals surface area (Å²) < 4.78 is 6.37. The van der Waals surface area contributed by atoms with Crippen LogP contribution in [0.15, 0.2) is 33.3 Å². The van der Waals surface area contributed by atoms with Gasteiger partial charge < -0.3 is 14.7 Å². The molecule has 0 spiro atoms. The summed E-state index contributed by atoms with van der Waals surface area (Å²) in [6.07, 6.45) is 1.87. The van der Waals surface area contributed by atoms with Gasteiger partial charge in [0.05, 0.1) is 11.7 Å². The first-order chi connectivity index (χ1) is 10.5. The maximum atomic E-state index is 12.5. The Morgan fingerprint density at radius 3 is 2.91 bits per heavy atom. The van der Waals surface area contributed by atoms with Crippen molar-refractivity contribution in [3.8, 4) is 0 Å². The van der Waals surface area contributed by atoms with Gasteiger partial charge in [-0.1, -0.05) is 21.1 Å². The van der Waals surface area contributed by atoms with Gasteiger partial charge in [0.25, 0.3) is 0 Å². The second-order valence-corrected chi connectivity index (χ2v) is 6.47. The zero-order valence-electron chi connectivity index (χ0n) is 12.6. The van der Waals surface area contributed by atoms with Crippen LogP contribution in [0.25, 0.3) is 0 Å². The van der Waals surface area contributed by atoms with Gasteiger partial charge in [-0.15, -0.1) is 0 Å². The number of rotatable bonds is 2. The molecule has 1 N–H and O–H groups in total. The number of hydrogen-bond acceptors (Lipinski definition) is 3. The predicted molar refractivity (Wildman–Crippen MR) is 87.8 cm³/mol. The van der Waals surface area contributed by atoms with Crippen molar-refractivity contribution in [1.82, 2.24) is 10.1 Å². The number of aryl methyl sites for hydroxylation is 2. The molecule has 1 aliphatic rings. The zero-order chi connectivity index (χ0) is 15.7. The minimum atomic E-state index is -0.0988. The first-order valence-corrected chi connectivity index (χ1v) is 8.11. The fourth-order valence-electron chi connectivity index (χ4n) is 2.76. The van der Waals surface area contributed by atoms with E-state index in [0.717, 1.165) is 46.6 Å². The van der Waals surface area contributed by atoms with Crippen molar-refractivity contribution in [2.45, 2.75) is 32.7 Å². The van der Waals surface area contributed by atoms with Gasteiger partial charge in [0.2, 0.25) is 0 Å². The third-order valence-electron chi connectivity index (χ3n) is 3.90. The summed E-state index contributed by atoms with van der Waals surface area (Å²) >= 11 is 3.46. The van der Waals surface area contributed by atoms with E-state index in [-0.39, 0.29) is 12.1 Å². The van der Waals surface area contributed by atoms with Crippen LogP contribution in [0.2, 0.25) is 0 Å². The molecule has 1 atom stereocenters. The molecule has 0 saturated carbocycles. The molecule has 1 unspecified atom stereocenters. The van der Waals surface area contributed by atoms with Crippen molar-refractivity contribution in [3.05, 3.63) is 45.8 Å². The lowest BCUT2D eigenvalue weighted by molar-refractivity contribution is 0.195. The Bertz CT molecular complexity index is 698. The van der Waals surface area contributed by atoms with Crippen molar-refractivity contribution in [1.29, 1.82) is 0 Å². The minimum Gasteiger partial charge on any atom is -0.359 e. The average Bonchev–Trinajstić information content (AvgIpc) is 3.11. The number of nitrogens with zero attached hydrogens (tertiary/aromatic N) is 2. The quantitative estimate of drug-likeness (QED) is 0.858. The number of benzene rings is 1. The average molecular weight is 364 g/mol. The van der Waals surface area contributed by atoms with Crippen LogP contribution in [-0.2, 0) is 0 Å². The molecule has 1 aromatic heterocycles. The summed E-state index contributed by atoms with van der Waals surface area (Å²) in [5.41, 5.74) is 2.72. The van der Waals surface area contributed by atoms with Crippen LogP contribution in [-0.4, -0.2) is 22.6 Å². The summed E-state index contributed by atoms with van der Waals surface area (Å²) in [6, 6.07) is 7.55. The third kappa shape index (κ3) is 3.02. The van der Waals surface area contributed by atoms with Crippen LogP contribution in [0.1, 0.15) is 35.9 Å². The van der Waals surface area contributed by atoms with Gasteiger partial charge in [-0.3, -0.25) is 0 Å². The maximum Gasteiger partial charge on any atom is 0.322 e. The first-order valence-electron chi connectivity index (χ1n) is 7.31. The van der Waals surface area contributed by atoms with E-state index in [1.165, 1.54) is 0 Å². The Kier molecular flexibility index (Phi) is 4.20. The SMILES string of the molecule is Cc1cc(C2CCCN2C(=O)Nc2ccc(Br)c(C)c2)on1. The van der Waals surface area contributed by atoms with Gasteiger partial charge in [-0.25, -0.2) is 4.79 Å². The molecular weight excluding hydrogens is 346 g/mol. The first kappa shape index (κ1) is 15.1. The van der Waals surface area contributed by atoms with Crippen LogP contribution in [0, 0.1) is 13.8 Å². The molecule has 3 rings (SSSR count). The molecule has 5 nitrogen and oxygen atoms in total. The number of carbonyl (C=O) groups is 1. The monoisotopic (exact) mass is 363 g/mol. The number of anilines is 1. The summed E-state index contributed by atoms with van der Waals surface area (Å²) in [7, 11) is 0. The van der Waals surface area contributed by atoms with E-state index in [0.29, 0.717) is 0 Å². The van der Waals surface area contributed by atoms with Gasteiger partial charge in [-0.2, -0.15) is 0 Å². The number of likely N-dealkylation sites (tertiary alicyclic amines) is 1. The molecule has 116 valence electrons. The molecule has 0 bridgehead atoms. The molecule has 2 aromatic rings. The van der Waals surface area contributed by atoms with Crippen molar-refractivity contribution in [2.75, 3.05) is 11.9 Å². The molecular formula is C16H18BrN3O2. The van der Waals surface area contributed by atoms with Crippen LogP contribution in [0.5, 0.6) is 0 Å². The van der Waals surface area contributed by atoms with E-state index in [1.807, 2.05) is 43.0 Å². The molecule has 1 fully saturated rings. The minimum absolute atomic E-state index is 0.0299. The topological polar surface area (TPSA) is 58.4 Å². The van der Waals surface area contributed by atoms with Crippen molar-refractivity contribution in [2.24, 2.45) is 0 Å². The second kappa shape index (κ2) is 6.12. The Morgan fingerprint density at radius 1 is 1.41 bits per heavy atom. The maximum absolute atomic E-state index is 12.5.